The van der Waals surface area contributed by atoms with Crippen molar-refractivity contribution in [3.8, 4) is 0 Å². The van der Waals surface area contributed by atoms with Crippen LogP contribution in [0.2, 0.25) is 0 Å². The highest BCUT2D eigenvalue weighted by molar-refractivity contribution is 7.79. The van der Waals surface area contributed by atoms with E-state index in [2.05, 4.69) is 24.5 Å². The molecule has 0 atom stereocenters. The summed E-state index contributed by atoms with van der Waals surface area (Å²) in [6.45, 7) is 5.24. The van der Waals surface area contributed by atoms with Crippen LogP contribution >= 0.6 is 12.6 Å². The van der Waals surface area contributed by atoms with Gasteiger partial charge in [0.15, 0.2) is 0 Å². The first-order valence-corrected chi connectivity index (χ1v) is 4.93. The van der Waals surface area contributed by atoms with Crippen molar-refractivity contribution >= 4 is 24.2 Å². The summed E-state index contributed by atoms with van der Waals surface area (Å²) in [4.78, 5) is 10.8. The Balaban J connectivity index is 2.76. The summed E-state index contributed by atoms with van der Waals surface area (Å²) in [5.74, 6) is 0.612. The summed E-state index contributed by atoms with van der Waals surface area (Å²) in [6.07, 6.45) is 0. The summed E-state index contributed by atoms with van der Waals surface area (Å²) >= 11 is 4.16. The van der Waals surface area contributed by atoms with Gasteiger partial charge in [0.2, 0.25) is 5.91 Å². The molecule has 0 spiro atoms. The predicted molar refractivity (Wildman–Crippen MR) is 62.0 cm³/mol. The van der Waals surface area contributed by atoms with Crippen molar-refractivity contribution < 1.29 is 4.79 Å². The molecular weight excluding hydrogens is 194 g/mol. The van der Waals surface area contributed by atoms with E-state index < -0.39 is 0 Å². The number of carbonyl (C=O) groups is 1. The SMILES string of the molecule is C=C(NC(C)=O)c1ccc(CS)cc1. The standard InChI is InChI=1S/C11H13NOS/c1-8(12-9(2)13)11-5-3-10(7-14)4-6-11/h3-6,14H,1,7H2,2H3,(H,12,13). The largest absolute Gasteiger partial charge is 0.326 e. The Morgan fingerprint density at radius 3 is 2.43 bits per heavy atom. The number of nitrogens with one attached hydrogen (secondary N) is 1. The molecule has 0 bridgehead atoms. The van der Waals surface area contributed by atoms with Gasteiger partial charge >= 0.3 is 0 Å². The molecule has 0 aromatic heterocycles. The van der Waals surface area contributed by atoms with E-state index in [1.54, 1.807) is 0 Å². The lowest BCUT2D eigenvalue weighted by Crippen LogP contribution is -2.17. The Bertz CT molecular complexity index is 343. The molecule has 1 aromatic rings. The van der Waals surface area contributed by atoms with Gasteiger partial charge in [0, 0.05) is 18.4 Å². The van der Waals surface area contributed by atoms with E-state index in [9.17, 15) is 4.79 Å². The van der Waals surface area contributed by atoms with Crippen LogP contribution in [-0.4, -0.2) is 5.91 Å². The zero-order chi connectivity index (χ0) is 10.6. The van der Waals surface area contributed by atoms with Gasteiger partial charge in [0.1, 0.15) is 0 Å². The van der Waals surface area contributed by atoms with Gasteiger partial charge in [0.05, 0.1) is 0 Å². The van der Waals surface area contributed by atoms with Crippen LogP contribution in [0, 0.1) is 0 Å². The van der Waals surface area contributed by atoms with Crippen molar-refractivity contribution in [1.82, 2.24) is 5.32 Å². The molecule has 0 aliphatic carbocycles. The van der Waals surface area contributed by atoms with Gasteiger partial charge in [-0.1, -0.05) is 30.8 Å². The molecule has 0 fully saturated rings. The quantitative estimate of drug-likeness (QED) is 0.731. The van der Waals surface area contributed by atoms with Crippen molar-refractivity contribution in [2.45, 2.75) is 12.7 Å². The first-order valence-electron chi connectivity index (χ1n) is 4.30. The third-order valence-corrected chi connectivity index (χ3v) is 2.18. The van der Waals surface area contributed by atoms with E-state index in [0.29, 0.717) is 11.4 Å². The van der Waals surface area contributed by atoms with Gasteiger partial charge in [0.25, 0.3) is 0 Å². The summed E-state index contributed by atoms with van der Waals surface area (Å²) in [5.41, 5.74) is 2.70. The lowest BCUT2D eigenvalue weighted by Gasteiger charge is -2.06. The highest BCUT2D eigenvalue weighted by Gasteiger charge is 1.99. The molecule has 1 amide bonds. The Labute approximate surface area is 89.4 Å². The topological polar surface area (TPSA) is 29.1 Å². The molecule has 1 aromatic carbocycles. The van der Waals surface area contributed by atoms with E-state index in [4.69, 9.17) is 0 Å². The molecule has 0 aliphatic rings. The van der Waals surface area contributed by atoms with E-state index >= 15 is 0 Å². The highest BCUT2D eigenvalue weighted by atomic mass is 32.1. The molecule has 0 unspecified atom stereocenters. The second-order valence-electron chi connectivity index (χ2n) is 3.01. The van der Waals surface area contributed by atoms with Gasteiger partial charge in [-0.2, -0.15) is 12.6 Å². The maximum Gasteiger partial charge on any atom is 0.221 e. The second kappa shape index (κ2) is 4.86. The molecule has 1 rings (SSSR count). The number of hydrogen-bond donors (Lipinski definition) is 2. The van der Waals surface area contributed by atoms with Crippen molar-refractivity contribution in [3.05, 3.63) is 42.0 Å². The van der Waals surface area contributed by atoms with Crippen LogP contribution in [0.5, 0.6) is 0 Å². The fourth-order valence-corrected chi connectivity index (χ4v) is 1.31. The number of thiol groups is 1. The molecule has 0 saturated heterocycles. The van der Waals surface area contributed by atoms with Crippen LogP contribution in [0.25, 0.3) is 5.70 Å². The lowest BCUT2D eigenvalue weighted by atomic mass is 10.1. The van der Waals surface area contributed by atoms with Crippen LogP contribution in [0.1, 0.15) is 18.1 Å². The minimum atomic E-state index is -0.103. The Kier molecular flexibility index (Phi) is 3.77. The zero-order valence-electron chi connectivity index (χ0n) is 8.08. The van der Waals surface area contributed by atoms with Crippen molar-refractivity contribution in [2.75, 3.05) is 0 Å². The third-order valence-electron chi connectivity index (χ3n) is 1.81. The molecule has 3 heteroatoms. The minimum Gasteiger partial charge on any atom is -0.326 e. The maximum atomic E-state index is 10.8. The summed E-state index contributed by atoms with van der Waals surface area (Å²) in [6, 6.07) is 7.78. The smallest absolute Gasteiger partial charge is 0.221 e. The lowest BCUT2D eigenvalue weighted by molar-refractivity contribution is -0.117. The van der Waals surface area contributed by atoms with E-state index in [1.165, 1.54) is 6.92 Å². The molecule has 0 radical (unpaired) electrons. The zero-order valence-corrected chi connectivity index (χ0v) is 8.97. The number of benzene rings is 1. The summed E-state index contributed by atoms with van der Waals surface area (Å²) in [7, 11) is 0. The minimum absolute atomic E-state index is 0.103. The van der Waals surface area contributed by atoms with Crippen LogP contribution < -0.4 is 5.32 Å². The van der Waals surface area contributed by atoms with Gasteiger partial charge in [-0.25, -0.2) is 0 Å². The van der Waals surface area contributed by atoms with Gasteiger partial charge < -0.3 is 5.32 Å². The normalized spacial score (nSPS) is 9.57. The predicted octanol–water partition coefficient (Wildman–Crippen LogP) is 2.22. The molecular formula is C11H13NOS. The summed E-state index contributed by atoms with van der Waals surface area (Å²) in [5, 5.41) is 2.64. The molecule has 74 valence electrons. The number of rotatable bonds is 3. The maximum absolute atomic E-state index is 10.8. The molecule has 0 aliphatic heterocycles. The fourth-order valence-electron chi connectivity index (χ4n) is 1.10. The molecule has 2 nitrogen and oxygen atoms in total. The van der Waals surface area contributed by atoms with Crippen molar-refractivity contribution in [2.24, 2.45) is 0 Å². The average molecular weight is 207 g/mol. The molecule has 0 heterocycles. The number of carbonyl (C=O) groups excluding carboxylic acids is 1. The molecule has 1 N–H and O–H groups in total. The van der Waals surface area contributed by atoms with Crippen molar-refractivity contribution in [3.63, 3.8) is 0 Å². The number of amides is 1. The first kappa shape index (κ1) is 10.9. The van der Waals surface area contributed by atoms with E-state index in [1.807, 2.05) is 24.3 Å². The molecule has 14 heavy (non-hydrogen) atoms. The average Bonchev–Trinajstić information content (AvgIpc) is 2.17. The van der Waals surface area contributed by atoms with E-state index in [-0.39, 0.29) is 5.91 Å². The van der Waals surface area contributed by atoms with Crippen LogP contribution in [-0.2, 0) is 10.5 Å². The second-order valence-corrected chi connectivity index (χ2v) is 3.33. The highest BCUT2D eigenvalue weighted by Crippen LogP contribution is 2.12. The molecule has 0 saturated carbocycles. The van der Waals surface area contributed by atoms with Gasteiger partial charge in [-0.15, -0.1) is 0 Å². The van der Waals surface area contributed by atoms with E-state index in [0.717, 1.165) is 11.1 Å². The Hall–Kier alpha value is -1.22. The number of hydrogen-bond acceptors (Lipinski definition) is 2. The van der Waals surface area contributed by atoms with Crippen molar-refractivity contribution in [1.29, 1.82) is 0 Å². The van der Waals surface area contributed by atoms with Gasteiger partial charge in [-0.05, 0) is 11.1 Å². The Morgan fingerprint density at radius 1 is 1.43 bits per heavy atom. The summed E-state index contributed by atoms with van der Waals surface area (Å²) < 4.78 is 0. The van der Waals surface area contributed by atoms with Crippen LogP contribution in [0.4, 0.5) is 0 Å². The van der Waals surface area contributed by atoms with Crippen LogP contribution in [0.3, 0.4) is 0 Å². The first-order chi connectivity index (χ1) is 6.63. The Morgan fingerprint density at radius 2 is 2.00 bits per heavy atom. The van der Waals surface area contributed by atoms with Gasteiger partial charge in [-0.3, -0.25) is 4.79 Å². The monoisotopic (exact) mass is 207 g/mol. The van der Waals surface area contributed by atoms with Crippen LogP contribution in [0.15, 0.2) is 30.8 Å². The third kappa shape index (κ3) is 2.92. The fraction of sp³-hybridized carbons (Fsp3) is 0.182.